The Bertz CT molecular complexity index is 1010. The average Bonchev–Trinajstić information content (AvgIpc) is 2.75. The Labute approximate surface area is 189 Å². The molecular weight excluding hydrogens is 404 g/mol. The van der Waals surface area contributed by atoms with Crippen LogP contribution in [0.5, 0.6) is 5.75 Å². The van der Waals surface area contributed by atoms with Crippen LogP contribution >= 0.6 is 12.2 Å². The van der Waals surface area contributed by atoms with Gasteiger partial charge in [-0.2, -0.15) is 0 Å². The van der Waals surface area contributed by atoms with Crippen LogP contribution in [-0.2, 0) is 11.8 Å². The number of thiocarbonyl (C=S) groups is 1. The molecule has 0 unspecified atom stereocenters. The minimum Gasteiger partial charge on any atom is -0.493 e. The zero-order valence-electron chi connectivity index (χ0n) is 18.1. The summed E-state index contributed by atoms with van der Waals surface area (Å²) in [6.45, 7) is 7.03. The van der Waals surface area contributed by atoms with Crippen LogP contribution in [-0.4, -0.2) is 17.6 Å². The summed E-state index contributed by atoms with van der Waals surface area (Å²) < 4.78 is 5.80. The number of anilines is 1. The van der Waals surface area contributed by atoms with Gasteiger partial charge in [0.25, 0.3) is 5.91 Å². The first kappa shape index (κ1) is 22.5. The summed E-state index contributed by atoms with van der Waals surface area (Å²) in [6.07, 6.45) is 0.855. The van der Waals surface area contributed by atoms with E-state index in [1.807, 2.05) is 66.7 Å². The second-order valence-corrected chi connectivity index (χ2v) is 8.75. The lowest BCUT2D eigenvalue weighted by Crippen LogP contribution is -2.34. The van der Waals surface area contributed by atoms with E-state index >= 15 is 0 Å². The molecule has 0 bridgehead atoms. The van der Waals surface area contributed by atoms with Crippen LogP contribution < -0.4 is 15.4 Å². The summed E-state index contributed by atoms with van der Waals surface area (Å²) in [5.74, 6) is 0.550. The summed E-state index contributed by atoms with van der Waals surface area (Å²) in [5, 5.41) is 6.00. The molecule has 3 aromatic carbocycles. The molecular formula is C26H28N2O2S. The van der Waals surface area contributed by atoms with Gasteiger partial charge in [-0.15, -0.1) is 0 Å². The minimum atomic E-state index is -0.237. The van der Waals surface area contributed by atoms with Crippen LogP contribution in [0.4, 0.5) is 5.69 Å². The minimum absolute atomic E-state index is 0.0449. The van der Waals surface area contributed by atoms with Crippen molar-refractivity contribution in [1.82, 2.24) is 5.32 Å². The number of hydrogen-bond acceptors (Lipinski definition) is 3. The van der Waals surface area contributed by atoms with Crippen molar-refractivity contribution in [2.45, 2.75) is 32.6 Å². The van der Waals surface area contributed by atoms with Crippen molar-refractivity contribution in [2.75, 3.05) is 11.9 Å². The molecule has 0 saturated heterocycles. The molecule has 4 nitrogen and oxygen atoms in total. The van der Waals surface area contributed by atoms with Crippen molar-refractivity contribution in [3.8, 4) is 5.75 Å². The predicted octanol–water partition coefficient (Wildman–Crippen LogP) is 5.73. The molecule has 2 N–H and O–H groups in total. The van der Waals surface area contributed by atoms with E-state index in [1.54, 1.807) is 0 Å². The highest BCUT2D eigenvalue weighted by Crippen LogP contribution is 2.22. The van der Waals surface area contributed by atoms with Crippen molar-refractivity contribution >= 4 is 28.9 Å². The molecule has 1 amide bonds. The lowest BCUT2D eigenvalue weighted by molar-refractivity contribution is 0.0977. The monoisotopic (exact) mass is 432 g/mol. The molecule has 3 aromatic rings. The van der Waals surface area contributed by atoms with Gasteiger partial charge in [0.15, 0.2) is 5.11 Å². The molecule has 0 aliphatic rings. The molecule has 0 aliphatic carbocycles. The summed E-state index contributed by atoms with van der Waals surface area (Å²) in [6, 6.07) is 25.3. The third-order valence-electron chi connectivity index (χ3n) is 4.85. The summed E-state index contributed by atoms with van der Waals surface area (Å²) >= 11 is 5.28. The maximum absolute atomic E-state index is 12.4. The van der Waals surface area contributed by atoms with E-state index in [4.69, 9.17) is 17.0 Å². The van der Waals surface area contributed by atoms with Crippen LogP contribution in [0.1, 0.15) is 42.3 Å². The fourth-order valence-electron chi connectivity index (χ4n) is 3.03. The van der Waals surface area contributed by atoms with E-state index in [0.29, 0.717) is 12.2 Å². The molecule has 0 aromatic heterocycles. The van der Waals surface area contributed by atoms with Crippen molar-refractivity contribution in [3.05, 3.63) is 95.6 Å². The quantitative estimate of drug-likeness (QED) is 0.488. The number of benzene rings is 3. The molecule has 5 heteroatoms. The van der Waals surface area contributed by atoms with Crippen molar-refractivity contribution in [3.63, 3.8) is 0 Å². The van der Waals surface area contributed by atoms with Gasteiger partial charge in [-0.25, -0.2) is 0 Å². The Hall–Kier alpha value is -3.18. The van der Waals surface area contributed by atoms with E-state index < -0.39 is 0 Å². The number of amides is 1. The molecule has 0 spiro atoms. The van der Waals surface area contributed by atoms with Crippen molar-refractivity contribution in [2.24, 2.45) is 0 Å². The number of carbonyl (C=O) groups excluding carboxylic acids is 1. The first-order valence-electron chi connectivity index (χ1n) is 10.3. The lowest BCUT2D eigenvalue weighted by atomic mass is 9.87. The van der Waals surface area contributed by atoms with Gasteiger partial charge in [0, 0.05) is 17.7 Å². The van der Waals surface area contributed by atoms with Crippen LogP contribution in [0.2, 0.25) is 0 Å². The Morgan fingerprint density at radius 1 is 0.903 bits per heavy atom. The standard InChI is InChI=1S/C26H28N2O2S/c1-26(2,3)21-11-9-20(10-12-21)24(29)28-25(31)27-22-13-15-23(16-14-22)30-18-17-19-7-5-4-6-8-19/h4-16H,17-18H2,1-3H3,(H2,27,28,29,31). The molecule has 0 radical (unpaired) electrons. The normalized spacial score (nSPS) is 10.9. The van der Waals surface area contributed by atoms with Crippen molar-refractivity contribution < 1.29 is 9.53 Å². The lowest BCUT2D eigenvalue weighted by Gasteiger charge is -2.19. The highest BCUT2D eigenvalue weighted by atomic mass is 32.1. The van der Waals surface area contributed by atoms with Crippen LogP contribution in [0.3, 0.4) is 0 Å². The van der Waals surface area contributed by atoms with Gasteiger partial charge in [-0.3, -0.25) is 10.1 Å². The molecule has 31 heavy (non-hydrogen) atoms. The van der Waals surface area contributed by atoms with E-state index in [0.717, 1.165) is 17.9 Å². The summed E-state index contributed by atoms with van der Waals surface area (Å²) in [7, 11) is 0. The number of ether oxygens (including phenoxy) is 1. The molecule has 160 valence electrons. The summed E-state index contributed by atoms with van der Waals surface area (Å²) in [5.41, 5.74) is 3.82. The van der Waals surface area contributed by atoms with E-state index in [-0.39, 0.29) is 16.4 Å². The zero-order chi connectivity index (χ0) is 22.3. The smallest absolute Gasteiger partial charge is 0.257 e. The Kier molecular flexibility index (Phi) is 7.42. The number of carbonyl (C=O) groups is 1. The summed E-state index contributed by atoms with van der Waals surface area (Å²) in [4.78, 5) is 12.4. The Morgan fingerprint density at radius 2 is 1.55 bits per heavy atom. The molecule has 0 heterocycles. The van der Waals surface area contributed by atoms with Gasteiger partial charge in [-0.1, -0.05) is 63.2 Å². The van der Waals surface area contributed by atoms with Crippen LogP contribution in [0, 0.1) is 0 Å². The zero-order valence-corrected chi connectivity index (χ0v) is 19.0. The topological polar surface area (TPSA) is 50.4 Å². The second kappa shape index (κ2) is 10.2. The van der Waals surface area contributed by atoms with Crippen LogP contribution in [0.25, 0.3) is 0 Å². The predicted molar refractivity (Wildman–Crippen MR) is 131 cm³/mol. The maximum Gasteiger partial charge on any atom is 0.257 e. The van der Waals surface area contributed by atoms with Gasteiger partial charge in [-0.05, 0) is 65.2 Å². The fraction of sp³-hybridized carbons (Fsp3) is 0.231. The molecule has 0 atom stereocenters. The third kappa shape index (κ3) is 6.93. The van der Waals surface area contributed by atoms with Gasteiger partial charge in [0.05, 0.1) is 6.61 Å². The number of nitrogens with one attached hydrogen (secondary N) is 2. The maximum atomic E-state index is 12.4. The van der Waals surface area contributed by atoms with Crippen molar-refractivity contribution in [1.29, 1.82) is 0 Å². The molecule has 3 rings (SSSR count). The molecule has 0 aliphatic heterocycles. The van der Waals surface area contributed by atoms with Gasteiger partial charge in [0.2, 0.25) is 0 Å². The largest absolute Gasteiger partial charge is 0.493 e. The SMILES string of the molecule is CC(C)(C)c1ccc(C(=O)NC(=S)Nc2ccc(OCCc3ccccc3)cc2)cc1. The van der Waals surface area contributed by atoms with Gasteiger partial charge in [0.1, 0.15) is 5.75 Å². The van der Waals surface area contributed by atoms with Gasteiger partial charge < -0.3 is 10.1 Å². The first-order chi connectivity index (χ1) is 14.8. The Balaban J connectivity index is 1.47. The Morgan fingerprint density at radius 3 is 2.16 bits per heavy atom. The molecule has 0 saturated carbocycles. The van der Waals surface area contributed by atoms with Crippen LogP contribution in [0.15, 0.2) is 78.9 Å². The van der Waals surface area contributed by atoms with E-state index in [1.165, 1.54) is 11.1 Å². The van der Waals surface area contributed by atoms with E-state index in [9.17, 15) is 4.79 Å². The number of rotatable bonds is 6. The third-order valence-corrected chi connectivity index (χ3v) is 5.06. The van der Waals surface area contributed by atoms with Gasteiger partial charge >= 0.3 is 0 Å². The highest BCUT2D eigenvalue weighted by molar-refractivity contribution is 7.80. The number of hydrogen-bond donors (Lipinski definition) is 2. The fourth-order valence-corrected chi connectivity index (χ4v) is 3.24. The average molecular weight is 433 g/mol. The molecule has 0 fully saturated rings. The first-order valence-corrected chi connectivity index (χ1v) is 10.7. The van der Waals surface area contributed by atoms with E-state index in [2.05, 4.69) is 43.5 Å². The second-order valence-electron chi connectivity index (χ2n) is 8.34. The highest BCUT2D eigenvalue weighted by Gasteiger charge is 2.14.